The highest BCUT2D eigenvalue weighted by Gasteiger charge is 2.38. The van der Waals surface area contributed by atoms with Crippen molar-refractivity contribution in [3.63, 3.8) is 0 Å². The van der Waals surface area contributed by atoms with Crippen molar-refractivity contribution >= 4 is 27.6 Å². The van der Waals surface area contributed by atoms with Gasteiger partial charge in [-0.15, -0.1) is 11.6 Å². The van der Waals surface area contributed by atoms with E-state index in [0.717, 1.165) is 17.1 Å². The number of hydrogen-bond donors (Lipinski definition) is 0. The second kappa shape index (κ2) is 5.14. The molecule has 0 atom stereocenters. The Morgan fingerprint density at radius 3 is 2.53 bits per heavy atom. The molecule has 1 rings (SSSR count). The highest BCUT2D eigenvalue weighted by Crippen LogP contribution is 2.29. The fourth-order valence-electron chi connectivity index (χ4n) is 1.21. The van der Waals surface area contributed by atoms with Gasteiger partial charge in [-0.25, -0.2) is 8.42 Å². The molecule has 0 amide bonds. The number of nitrogens with zero attached hydrogens (tertiary/aromatic N) is 1. The standard InChI is InChI=1S/C8H14ClNO4S/c1-2-14-8(11)5-10(7-3-4-7)15(12,13)6-9/h7H,2-6H2,1H3. The van der Waals surface area contributed by atoms with E-state index in [4.69, 9.17) is 16.3 Å². The van der Waals surface area contributed by atoms with Gasteiger partial charge in [0.2, 0.25) is 10.0 Å². The van der Waals surface area contributed by atoms with Crippen LogP contribution >= 0.6 is 11.6 Å². The zero-order valence-electron chi connectivity index (χ0n) is 8.48. The third-order valence-electron chi connectivity index (χ3n) is 2.04. The smallest absolute Gasteiger partial charge is 0.321 e. The number of carbonyl (C=O) groups excluding carboxylic acids is 1. The van der Waals surface area contributed by atoms with Gasteiger partial charge in [-0.2, -0.15) is 4.31 Å². The van der Waals surface area contributed by atoms with Crippen molar-refractivity contribution in [3.05, 3.63) is 0 Å². The van der Waals surface area contributed by atoms with E-state index in [1.807, 2.05) is 0 Å². The van der Waals surface area contributed by atoms with Crippen LogP contribution in [0.1, 0.15) is 19.8 Å². The van der Waals surface area contributed by atoms with Gasteiger partial charge in [-0.1, -0.05) is 0 Å². The Morgan fingerprint density at radius 2 is 2.13 bits per heavy atom. The van der Waals surface area contributed by atoms with E-state index in [9.17, 15) is 13.2 Å². The summed E-state index contributed by atoms with van der Waals surface area (Å²) in [4.78, 5) is 11.2. The summed E-state index contributed by atoms with van der Waals surface area (Å²) < 4.78 is 28.9. The Labute approximate surface area is 94.4 Å². The maximum absolute atomic E-state index is 11.5. The Balaban J connectivity index is 2.63. The summed E-state index contributed by atoms with van der Waals surface area (Å²) in [5, 5.41) is -0.497. The molecule has 15 heavy (non-hydrogen) atoms. The molecule has 0 bridgehead atoms. The van der Waals surface area contributed by atoms with E-state index in [0.29, 0.717) is 0 Å². The van der Waals surface area contributed by atoms with Crippen LogP contribution in [0.5, 0.6) is 0 Å². The maximum Gasteiger partial charge on any atom is 0.321 e. The van der Waals surface area contributed by atoms with E-state index in [1.165, 1.54) is 0 Å². The van der Waals surface area contributed by atoms with Crippen molar-refractivity contribution in [2.45, 2.75) is 25.8 Å². The molecule has 1 saturated carbocycles. The molecule has 1 aliphatic rings. The minimum atomic E-state index is -3.51. The molecular formula is C8H14ClNO4S. The maximum atomic E-state index is 11.5. The number of ether oxygens (including phenoxy) is 1. The van der Waals surface area contributed by atoms with Crippen LogP contribution in [0.3, 0.4) is 0 Å². The minimum absolute atomic E-state index is 0.0712. The molecule has 1 fully saturated rings. The predicted molar refractivity (Wildman–Crippen MR) is 56.0 cm³/mol. The average Bonchev–Trinajstić information content (AvgIpc) is 2.98. The summed E-state index contributed by atoms with van der Waals surface area (Å²) in [6.45, 7) is 1.70. The number of hydrogen-bond acceptors (Lipinski definition) is 4. The van der Waals surface area contributed by atoms with Gasteiger partial charge >= 0.3 is 5.97 Å². The largest absolute Gasteiger partial charge is 0.465 e. The summed E-state index contributed by atoms with van der Waals surface area (Å²) >= 11 is 5.34. The lowest BCUT2D eigenvalue weighted by atomic mass is 10.6. The van der Waals surface area contributed by atoms with Crippen LogP contribution in [0.4, 0.5) is 0 Å². The van der Waals surface area contributed by atoms with Crippen LogP contribution in [0.2, 0.25) is 0 Å². The van der Waals surface area contributed by atoms with Gasteiger partial charge < -0.3 is 4.74 Å². The molecule has 0 unspecified atom stereocenters. The van der Waals surface area contributed by atoms with Crippen molar-refractivity contribution in [1.29, 1.82) is 0 Å². The van der Waals surface area contributed by atoms with Crippen LogP contribution in [0, 0.1) is 0 Å². The second-order valence-corrected chi connectivity index (χ2v) is 5.81. The number of rotatable bonds is 6. The third-order valence-corrected chi connectivity index (χ3v) is 4.28. The quantitative estimate of drug-likeness (QED) is 0.513. The van der Waals surface area contributed by atoms with Gasteiger partial charge in [0.25, 0.3) is 0 Å². The first-order valence-corrected chi connectivity index (χ1v) is 6.86. The topological polar surface area (TPSA) is 63.7 Å². The van der Waals surface area contributed by atoms with Gasteiger partial charge in [0.1, 0.15) is 11.8 Å². The Morgan fingerprint density at radius 1 is 1.53 bits per heavy atom. The van der Waals surface area contributed by atoms with Gasteiger partial charge in [-0.3, -0.25) is 4.79 Å². The van der Waals surface area contributed by atoms with Crippen LogP contribution in [-0.4, -0.2) is 43.1 Å². The predicted octanol–water partition coefficient (Wildman–Crippen LogP) is 0.540. The lowest BCUT2D eigenvalue weighted by Crippen LogP contribution is -2.38. The van der Waals surface area contributed by atoms with Gasteiger partial charge in [0.15, 0.2) is 0 Å². The number of esters is 1. The number of halogens is 1. The summed E-state index contributed by atoms with van der Waals surface area (Å²) in [6.07, 6.45) is 1.57. The van der Waals surface area contributed by atoms with Crippen molar-refractivity contribution in [2.24, 2.45) is 0 Å². The fraction of sp³-hybridized carbons (Fsp3) is 0.875. The van der Waals surface area contributed by atoms with E-state index < -0.39 is 21.2 Å². The Kier molecular flexibility index (Phi) is 4.36. The minimum Gasteiger partial charge on any atom is -0.465 e. The van der Waals surface area contributed by atoms with Crippen LogP contribution in [0.25, 0.3) is 0 Å². The van der Waals surface area contributed by atoms with Crippen molar-refractivity contribution in [1.82, 2.24) is 4.31 Å². The zero-order chi connectivity index (χ0) is 11.5. The Bertz CT molecular complexity index is 326. The fourth-order valence-corrected chi connectivity index (χ4v) is 2.68. The van der Waals surface area contributed by atoms with Crippen molar-refractivity contribution in [2.75, 3.05) is 18.4 Å². The first-order chi connectivity index (χ1) is 7.01. The number of alkyl halides is 1. The molecule has 0 aromatic rings. The van der Waals surface area contributed by atoms with E-state index in [2.05, 4.69) is 0 Å². The molecule has 0 aromatic carbocycles. The molecule has 5 nitrogen and oxygen atoms in total. The average molecular weight is 256 g/mol. The zero-order valence-corrected chi connectivity index (χ0v) is 10.1. The van der Waals surface area contributed by atoms with Crippen LogP contribution in [-0.2, 0) is 19.6 Å². The molecule has 1 aliphatic carbocycles. The lowest BCUT2D eigenvalue weighted by molar-refractivity contribution is -0.143. The molecule has 0 saturated heterocycles. The molecule has 0 heterocycles. The van der Waals surface area contributed by atoms with E-state index in [-0.39, 0.29) is 19.2 Å². The van der Waals surface area contributed by atoms with Crippen molar-refractivity contribution < 1.29 is 17.9 Å². The monoisotopic (exact) mass is 255 g/mol. The van der Waals surface area contributed by atoms with Gasteiger partial charge in [0, 0.05) is 6.04 Å². The van der Waals surface area contributed by atoms with Crippen molar-refractivity contribution in [3.8, 4) is 0 Å². The Hall–Kier alpha value is -0.330. The summed E-state index contributed by atoms with van der Waals surface area (Å²) in [5.41, 5.74) is 0. The molecule has 0 N–H and O–H groups in total. The molecule has 0 spiro atoms. The molecule has 7 heteroatoms. The van der Waals surface area contributed by atoms with Crippen LogP contribution in [0.15, 0.2) is 0 Å². The highest BCUT2D eigenvalue weighted by atomic mass is 35.5. The molecule has 0 radical (unpaired) electrons. The lowest BCUT2D eigenvalue weighted by Gasteiger charge is -2.18. The first kappa shape index (κ1) is 12.7. The van der Waals surface area contributed by atoms with E-state index >= 15 is 0 Å². The summed E-state index contributed by atoms with van der Waals surface area (Å²) in [5.74, 6) is -0.530. The normalized spacial score (nSPS) is 16.7. The van der Waals surface area contributed by atoms with Gasteiger partial charge in [0.05, 0.1) is 6.61 Å². The first-order valence-electron chi connectivity index (χ1n) is 4.72. The number of sulfonamides is 1. The third kappa shape index (κ3) is 3.62. The second-order valence-electron chi connectivity index (χ2n) is 3.30. The highest BCUT2D eigenvalue weighted by molar-refractivity contribution is 7.90. The molecule has 0 aromatic heterocycles. The molecule has 88 valence electrons. The SMILES string of the molecule is CCOC(=O)CN(C1CC1)S(=O)(=O)CCl. The summed E-state index contributed by atoms with van der Waals surface area (Å²) in [7, 11) is -3.51. The van der Waals surface area contributed by atoms with Gasteiger partial charge in [-0.05, 0) is 19.8 Å². The molecule has 0 aliphatic heterocycles. The molecular weight excluding hydrogens is 242 g/mol. The van der Waals surface area contributed by atoms with Crippen LogP contribution < -0.4 is 0 Å². The summed E-state index contributed by atoms with van der Waals surface area (Å²) in [6, 6.07) is -0.0712. The number of carbonyl (C=O) groups is 1. The van der Waals surface area contributed by atoms with E-state index in [1.54, 1.807) is 6.92 Å².